The average Bonchev–Trinajstić information content (AvgIpc) is 3.45. The Morgan fingerprint density at radius 2 is 1.84 bits per heavy atom. The summed E-state index contributed by atoms with van der Waals surface area (Å²) in [5.74, 6) is 1.52. The van der Waals surface area contributed by atoms with Crippen LogP contribution in [0.15, 0.2) is 35.4 Å². The normalized spacial score (nSPS) is 14.3. The number of benzene rings is 1. The van der Waals surface area contributed by atoms with Crippen LogP contribution in [0.25, 0.3) is 16.8 Å². The van der Waals surface area contributed by atoms with E-state index in [-0.39, 0.29) is 6.29 Å². The lowest BCUT2D eigenvalue weighted by atomic mass is 10.1. The van der Waals surface area contributed by atoms with Crippen LogP contribution in [0.1, 0.15) is 18.9 Å². The Hall–Kier alpha value is -2.42. The molecule has 8 heteroatoms. The highest BCUT2D eigenvalue weighted by Gasteiger charge is 2.26. The van der Waals surface area contributed by atoms with Gasteiger partial charge in [-0.15, -0.1) is 11.8 Å². The number of hydrogen-bond acceptors (Lipinski definition) is 7. The Labute approximate surface area is 193 Å². The van der Waals surface area contributed by atoms with Gasteiger partial charge in [-0.1, -0.05) is 13.0 Å². The zero-order chi connectivity index (χ0) is 22.7. The standard InChI is InChI=1S/C24H31N3O4S/c1-6-10-26(15-21-30-11-12-31-21)23-18-9-7-8-17(27(18)25-24(23)32-5)22-19(28-3)13-16(2)14-20(22)29-4/h7-9,13-14,21H,6,10-12,15H2,1-5H3. The third-order valence-electron chi connectivity index (χ3n) is 5.57. The van der Waals surface area contributed by atoms with Crippen molar-refractivity contribution >= 4 is 23.0 Å². The highest BCUT2D eigenvalue weighted by molar-refractivity contribution is 7.98. The summed E-state index contributed by atoms with van der Waals surface area (Å²) in [6, 6.07) is 10.3. The van der Waals surface area contributed by atoms with Crippen molar-refractivity contribution in [1.29, 1.82) is 0 Å². The third-order valence-corrected chi connectivity index (χ3v) is 6.23. The van der Waals surface area contributed by atoms with Crippen molar-refractivity contribution in [2.45, 2.75) is 31.6 Å². The Bertz CT molecular complexity index is 1050. The van der Waals surface area contributed by atoms with E-state index in [2.05, 4.69) is 36.3 Å². The fourth-order valence-electron chi connectivity index (χ4n) is 4.21. The molecule has 0 aliphatic carbocycles. The van der Waals surface area contributed by atoms with Crippen molar-refractivity contribution in [2.75, 3.05) is 51.7 Å². The van der Waals surface area contributed by atoms with Gasteiger partial charge in [-0.3, -0.25) is 0 Å². The quantitative estimate of drug-likeness (QED) is 0.434. The van der Waals surface area contributed by atoms with Gasteiger partial charge >= 0.3 is 0 Å². The second-order valence-electron chi connectivity index (χ2n) is 7.73. The van der Waals surface area contributed by atoms with Crippen LogP contribution in [0.5, 0.6) is 11.5 Å². The van der Waals surface area contributed by atoms with Crippen molar-refractivity contribution in [2.24, 2.45) is 0 Å². The molecule has 0 unspecified atom stereocenters. The molecule has 3 aromatic rings. The Balaban J connectivity index is 1.89. The van der Waals surface area contributed by atoms with Gasteiger partial charge in [-0.05, 0) is 49.4 Å². The van der Waals surface area contributed by atoms with E-state index in [9.17, 15) is 0 Å². The maximum absolute atomic E-state index is 5.75. The van der Waals surface area contributed by atoms with Crippen LogP contribution in [0, 0.1) is 6.92 Å². The van der Waals surface area contributed by atoms with Crippen LogP contribution in [0.3, 0.4) is 0 Å². The molecular formula is C24H31N3O4S. The number of ether oxygens (including phenoxy) is 4. The molecule has 1 aromatic carbocycles. The minimum Gasteiger partial charge on any atom is -0.496 e. The monoisotopic (exact) mass is 457 g/mol. The van der Waals surface area contributed by atoms with E-state index >= 15 is 0 Å². The molecule has 172 valence electrons. The lowest BCUT2D eigenvalue weighted by Gasteiger charge is -2.26. The predicted molar refractivity (Wildman–Crippen MR) is 128 cm³/mol. The Morgan fingerprint density at radius 1 is 1.16 bits per heavy atom. The van der Waals surface area contributed by atoms with Crippen molar-refractivity contribution in [3.63, 3.8) is 0 Å². The molecule has 0 radical (unpaired) electrons. The molecule has 0 saturated carbocycles. The maximum atomic E-state index is 5.75. The molecule has 32 heavy (non-hydrogen) atoms. The van der Waals surface area contributed by atoms with Gasteiger partial charge in [-0.2, -0.15) is 5.10 Å². The van der Waals surface area contributed by atoms with Gasteiger partial charge in [-0.25, -0.2) is 4.52 Å². The van der Waals surface area contributed by atoms with Crippen LogP contribution in [0.4, 0.5) is 5.69 Å². The maximum Gasteiger partial charge on any atom is 0.175 e. The minimum atomic E-state index is -0.216. The number of methoxy groups -OCH3 is 2. The Morgan fingerprint density at radius 3 is 2.44 bits per heavy atom. The summed E-state index contributed by atoms with van der Waals surface area (Å²) >= 11 is 1.64. The highest BCUT2D eigenvalue weighted by Crippen LogP contribution is 2.42. The number of fused-ring (bicyclic) bond motifs is 1. The number of anilines is 1. The largest absolute Gasteiger partial charge is 0.496 e. The molecule has 7 nitrogen and oxygen atoms in total. The summed E-state index contributed by atoms with van der Waals surface area (Å²) in [7, 11) is 3.37. The van der Waals surface area contributed by atoms with Crippen LogP contribution in [0.2, 0.25) is 0 Å². The molecule has 4 rings (SSSR count). The van der Waals surface area contributed by atoms with Gasteiger partial charge in [0.1, 0.15) is 16.5 Å². The van der Waals surface area contributed by atoms with Gasteiger partial charge < -0.3 is 23.8 Å². The molecule has 0 bridgehead atoms. The fraction of sp³-hybridized carbons (Fsp3) is 0.458. The van der Waals surface area contributed by atoms with Gasteiger partial charge in [0.15, 0.2) is 6.29 Å². The number of aryl methyl sites for hydroxylation is 1. The molecule has 1 fully saturated rings. The molecule has 3 heterocycles. The number of rotatable bonds is 9. The number of nitrogens with zero attached hydrogens (tertiary/aromatic N) is 3. The third kappa shape index (κ3) is 4.27. The van der Waals surface area contributed by atoms with E-state index in [0.29, 0.717) is 19.8 Å². The molecule has 1 aliphatic rings. The number of aromatic nitrogens is 2. The van der Waals surface area contributed by atoms with Crippen LogP contribution in [-0.2, 0) is 9.47 Å². The van der Waals surface area contributed by atoms with Crippen LogP contribution in [-0.4, -0.2) is 62.7 Å². The van der Waals surface area contributed by atoms with Gasteiger partial charge in [0.05, 0.1) is 56.4 Å². The molecule has 1 aliphatic heterocycles. The number of pyridine rings is 1. The highest BCUT2D eigenvalue weighted by atomic mass is 32.2. The number of thioether (sulfide) groups is 1. The summed E-state index contributed by atoms with van der Waals surface area (Å²) < 4.78 is 25.0. The smallest absolute Gasteiger partial charge is 0.175 e. The summed E-state index contributed by atoms with van der Waals surface area (Å²) in [6.45, 7) is 7.06. The molecule has 0 spiro atoms. The second kappa shape index (κ2) is 10.0. The summed E-state index contributed by atoms with van der Waals surface area (Å²) in [5.41, 5.74) is 5.01. The first-order chi connectivity index (χ1) is 15.6. The average molecular weight is 458 g/mol. The first-order valence-electron chi connectivity index (χ1n) is 10.9. The zero-order valence-electron chi connectivity index (χ0n) is 19.4. The van der Waals surface area contributed by atoms with E-state index < -0.39 is 0 Å². The van der Waals surface area contributed by atoms with E-state index in [0.717, 1.165) is 57.5 Å². The lowest BCUT2D eigenvalue weighted by molar-refractivity contribution is -0.0343. The molecule has 0 atom stereocenters. The van der Waals surface area contributed by atoms with E-state index in [1.54, 1.807) is 26.0 Å². The molecule has 2 aromatic heterocycles. The summed E-state index contributed by atoms with van der Waals surface area (Å²) in [4.78, 5) is 2.33. The SMILES string of the molecule is CCCN(CC1OCCO1)c1c(SC)nn2c(-c3c(OC)cc(C)cc3OC)cccc12. The summed E-state index contributed by atoms with van der Waals surface area (Å²) in [6.07, 6.45) is 2.86. The van der Waals surface area contributed by atoms with E-state index in [1.807, 2.05) is 23.6 Å². The van der Waals surface area contributed by atoms with E-state index in [4.69, 9.17) is 24.0 Å². The zero-order valence-corrected chi connectivity index (χ0v) is 20.2. The topological polar surface area (TPSA) is 57.5 Å². The molecule has 1 saturated heterocycles. The van der Waals surface area contributed by atoms with Crippen molar-refractivity contribution in [1.82, 2.24) is 9.61 Å². The van der Waals surface area contributed by atoms with Crippen LogP contribution >= 0.6 is 11.8 Å². The van der Waals surface area contributed by atoms with Crippen molar-refractivity contribution in [3.05, 3.63) is 35.9 Å². The van der Waals surface area contributed by atoms with Crippen molar-refractivity contribution in [3.8, 4) is 22.8 Å². The molecule has 0 N–H and O–H groups in total. The molecule has 0 amide bonds. The lowest BCUT2D eigenvalue weighted by Crippen LogP contribution is -2.34. The first kappa shape index (κ1) is 22.8. The first-order valence-corrected chi connectivity index (χ1v) is 12.1. The Kier molecular flexibility index (Phi) is 7.13. The number of hydrogen-bond donors (Lipinski definition) is 0. The van der Waals surface area contributed by atoms with Crippen LogP contribution < -0.4 is 14.4 Å². The van der Waals surface area contributed by atoms with Gasteiger partial charge in [0.25, 0.3) is 0 Å². The van der Waals surface area contributed by atoms with Crippen molar-refractivity contribution < 1.29 is 18.9 Å². The second-order valence-corrected chi connectivity index (χ2v) is 8.52. The fourth-order valence-corrected chi connectivity index (χ4v) is 4.80. The van der Waals surface area contributed by atoms with Gasteiger partial charge in [0.2, 0.25) is 0 Å². The minimum absolute atomic E-state index is 0.216. The van der Waals surface area contributed by atoms with E-state index in [1.165, 1.54) is 0 Å². The molecular weight excluding hydrogens is 426 g/mol. The predicted octanol–water partition coefficient (Wildman–Crippen LogP) is 4.64. The summed E-state index contributed by atoms with van der Waals surface area (Å²) in [5, 5.41) is 5.97. The van der Waals surface area contributed by atoms with Gasteiger partial charge in [0, 0.05) is 6.54 Å².